The molecule has 6 nitrogen and oxygen atoms in total. The molecule has 5 rings (SSSR count). The molecular weight excluding hydrogens is 461 g/mol. The van der Waals surface area contributed by atoms with Gasteiger partial charge in [-0.05, 0) is 84.7 Å². The van der Waals surface area contributed by atoms with Crippen LogP contribution in [0.1, 0.15) is 24.6 Å². The first kappa shape index (κ1) is 23.4. The highest BCUT2D eigenvalue weighted by Crippen LogP contribution is 2.47. The Hall–Kier alpha value is -3.39. The average molecular weight is 492 g/mol. The molecule has 0 radical (unpaired) electrons. The second-order valence-electron chi connectivity index (χ2n) is 9.62. The normalized spacial score (nSPS) is 23.5. The van der Waals surface area contributed by atoms with Crippen molar-refractivity contribution in [3.05, 3.63) is 70.7 Å². The van der Waals surface area contributed by atoms with Crippen molar-refractivity contribution in [2.45, 2.75) is 25.3 Å². The standard InChI is InChI=1S/C27H30FN5OS/c1-27(23-15-19(16-35-23)18-4-3-5-21(29)14-18)24(25(34)32(2)26(30)31-27)17-10-12-33(13-11-17)22-8-6-20(28)7-9-22/h3-9,14-17,24H,10-13,29H2,1-2H3,(H2,30,31)/t24-,27+/m0/s1. The molecule has 1 saturated heterocycles. The molecule has 2 atom stereocenters. The van der Waals surface area contributed by atoms with Crippen molar-refractivity contribution in [1.29, 1.82) is 0 Å². The minimum absolute atomic E-state index is 0.0131. The Morgan fingerprint density at radius 1 is 1.06 bits per heavy atom. The maximum atomic E-state index is 13.6. The zero-order valence-corrected chi connectivity index (χ0v) is 20.8. The van der Waals surface area contributed by atoms with Crippen LogP contribution in [-0.4, -0.2) is 36.9 Å². The molecule has 35 heavy (non-hydrogen) atoms. The lowest BCUT2D eigenvalue weighted by atomic mass is 9.70. The number of halogens is 1. The number of aliphatic imine (C=N–C) groups is 1. The molecule has 182 valence electrons. The molecule has 0 aliphatic carbocycles. The number of nitrogen functional groups attached to an aromatic ring is 1. The minimum atomic E-state index is -0.750. The summed E-state index contributed by atoms with van der Waals surface area (Å²) in [5, 5.41) is 2.10. The Kier molecular flexibility index (Phi) is 6.01. The molecule has 0 bridgehead atoms. The van der Waals surface area contributed by atoms with Gasteiger partial charge in [0.15, 0.2) is 5.96 Å². The first-order chi connectivity index (χ1) is 16.8. The Labute approximate surface area is 209 Å². The number of amides is 1. The summed E-state index contributed by atoms with van der Waals surface area (Å²) in [4.78, 5) is 23.3. The van der Waals surface area contributed by atoms with E-state index in [9.17, 15) is 9.18 Å². The summed E-state index contributed by atoms with van der Waals surface area (Å²) in [5.74, 6) is -0.140. The largest absolute Gasteiger partial charge is 0.399 e. The first-order valence-electron chi connectivity index (χ1n) is 11.8. The predicted octanol–water partition coefficient (Wildman–Crippen LogP) is 4.67. The molecule has 0 saturated carbocycles. The third kappa shape index (κ3) is 4.27. The zero-order chi connectivity index (χ0) is 24.7. The Balaban J connectivity index is 1.44. The average Bonchev–Trinajstić information content (AvgIpc) is 3.35. The van der Waals surface area contributed by atoms with Gasteiger partial charge in [0.1, 0.15) is 11.4 Å². The molecule has 2 aliphatic heterocycles. The fourth-order valence-electron chi connectivity index (χ4n) is 5.43. The van der Waals surface area contributed by atoms with Crippen molar-refractivity contribution >= 4 is 34.6 Å². The van der Waals surface area contributed by atoms with Crippen LogP contribution in [0.25, 0.3) is 11.1 Å². The lowest BCUT2D eigenvalue weighted by Gasteiger charge is -2.46. The van der Waals surface area contributed by atoms with E-state index in [2.05, 4.69) is 16.3 Å². The van der Waals surface area contributed by atoms with Gasteiger partial charge < -0.3 is 16.4 Å². The summed E-state index contributed by atoms with van der Waals surface area (Å²) in [6.07, 6.45) is 1.69. The van der Waals surface area contributed by atoms with Crippen molar-refractivity contribution in [2.24, 2.45) is 22.6 Å². The lowest BCUT2D eigenvalue weighted by Crippen LogP contribution is -2.56. The summed E-state index contributed by atoms with van der Waals surface area (Å²) in [6, 6.07) is 16.5. The van der Waals surface area contributed by atoms with E-state index >= 15 is 0 Å². The maximum Gasteiger partial charge on any atom is 0.235 e. The second-order valence-corrected chi connectivity index (χ2v) is 10.5. The van der Waals surface area contributed by atoms with Crippen LogP contribution >= 0.6 is 11.3 Å². The molecule has 1 aromatic heterocycles. The Morgan fingerprint density at radius 3 is 2.46 bits per heavy atom. The number of nitrogens with zero attached hydrogens (tertiary/aromatic N) is 3. The van der Waals surface area contributed by atoms with E-state index in [0.29, 0.717) is 5.69 Å². The molecule has 3 aromatic rings. The molecule has 4 N–H and O–H groups in total. The van der Waals surface area contributed by atoms with Gasteiger partial charge in [-0.25, -0.2) is 9.38 Å². The topological polar surface area (TPSA) is 88.0 Å². The zero-order valence-electron chi connectivity index (χ0n) is 19.9. The van der Waals surface area contributed by atoms with Gasteiger partial charge in [-0.3, -0.25) is 9.69 Å². The van der Waals surface area contributed by atoms with Gasteiger partial charge in [0, 0.05) is 36.4 Å². The van der Waals surface area contributed by atoms with Crippen molar-refractivity contribution in [3.8, 4) is 11.1 Å². The van der Waals surface area contributed by atoms with E-state index < -0.39 is 5.54 Å². The van der Waals surface area contributed by atoms with Crippen molar-refractivity contribution < 1.29 is 9.18 Å². The molecule has 3 heterocycles. The first-order valence-corrected chi connectivity index (χ1v) is 12.7. The highest BCUT2D eigenvalue weighted by molar-refractivity contribution is 7.10. The molecule has 2 aliphatic rings. The molecule has 0 unspecified atom stereocenters. The fourth-order valence-corrected chi connectivity index (χ4v) is 6.49. The number of guanidine groups is 1. The van der Waals surface area contributed by atoms with E-state index in [1.165, 1.54) is 17.0 Å². The van der Waals surface area contributed by atoms with Crippen LogP contribution in [0.5, 0.6) is 0 Å². The van der Waals surface area contributed by atoms with Gasteiger partial charge in [-0.1, -0.05) is 12.1 Å². The molecule has 0 spiro atoms. The SMILES string of the molecule is CN1C(=O)[C@H](C2CCN(c3ccc(F)cc3)CC2)[C@@](C)(c2cc(-c3cccc(N)c3)cs2)N=C1N. The lowest BCUT2D eigenvalue weighted by molar-refractivity contribution is -0.136. The van der Waals surface area contributed by atoms with Crippen LogP contribution in [0.3, 0.4) is 0 Å². The van der Waals surface area contributed by atoms with Crippen molar-refractivity contribution in [3.63, 3.8) is 0 Å². The maximum absolute atomic E-state index is 13.6. The number of nitrogens with two attached hydrogens (primary N) is 2. The van der Waals surface area contributed by atoms with E-state index in [1.54, 1.807) is 18.4 Å². The second kappa shape index (κ2) is 9.00. The number of anilines is 2. The summed E-state index contributed by atoms with van der Waals surface area (Å²) >= 11 is 1.61. The number of carbonyl (C=O) groups is 1. The van der Waals surface area contributed by atoms with Crippen LogP contribution in [0.4, 0.5) is 15.8 Å². The molecule has 2 aromatic carbocycles. The molecule has 1 amide bonds. The number of hydrogen-bond acceptors (Lipinski definition) is 6. The summed E-state index contributed by atoms with van der Waals surface area (Å²) in [5.41, 5.74) is 15.3. The minimum Gasteiger partial charge on any atom is -0.399 e. The van der Waals surface area contributed by atoms with Gasteiger partial charge >= 0.3 is 0 Å². The monoisotopic (exact) mass is 491 g/mol. The van der Waals surface area contributed by atoms with Crippen LogP contribution < -0.4 is 16.4 Å². The van der Waals surface area contributed by atoms with Crippen molar-refractivity contribution in [1.82, 2.24) is 4.90 Å². The van der Waals surface area contributed by atoms with Gasteiger partial charge in [0.2, 0.25) is 5.91 Å². The molecule has 8 heteroatoms. The number of carbonyl (C=O) groups excluding carboxylic acids is 1. The third-order valence-corrected chi connectivity index (χ3v) is 8.57. The highest BCUT2D eigenvalue weighted by Gasteiger charge is 2.51. The van der Waals surface area contributed by atoms with Crippen LogP contribution in [-0.2, 0) is 10.3 Å². The van der Waals surface area contributed by atoms with Gasteiger partial charge in [-0.2, -0.15) is 0 Å². The number of piperidine rings is 1. The number of thiophene rings is 1. The number of rotatable bonds is 4. The molecule has 1 fully saturated rings. The Morgan fingerprint density at radius 2 is 1.77 bits per heavy atom. The quantitative estimate of drug-likeness (QED) is 0.519. The van der Waals surface area contributed by atoms with E-state index in [1.807, 2.05) is 43.3 Å². The van der Waals surface area contributed by atoms with Gasteiger partial charge in [0.05, 0.1) is 5.92 Å². The third-order valence-electron chi connectivity index (χ3n) is 7.41. The van der Waals surface area contributed by atoms with E-state index in [-0.39, 0.29) is 29.5 Å². The van der Waals surface area contributed by atoms with Crippen LogP contribution in [0.2, 0.25) is 0 Å². The summed E-state index contributed by atoms with van der Waals surface area (Å²) in [7, 11) is 1.70. The van der Waals surface area contributed by atoms with Gasteiger partial charge in [0.25, 0.3) is 0 Å². The predicted molar refractivity (Wildman–Crippen MR) is 141 cm³/mol. The van der Waals surface area contributed by atoms with Crippen molar-refractivity contribution in [2.75, 3.05) is 30.8 Å². The highest BCUT2D eigenvalue weighted by atomic mass is 32.1. The van der Waals surface area contributed by atoms with E-state index in [0.717, 1.165) is 47.6 Å². The van der Waals surface area contributed by atoms with Gasteiger partial charge in [-0.15, -0.1) is 11.3 Å². The summed E-state index contributed by atoms with van der Waals surface area (Å²) < 4.78 is 13.4. The van der Waals surface area contributed by atoms with Crippen LogP contribution in [0.15, 0.2) is 65.0 Å². The smallest absolute Gasteiger partial charge is 0.235 e. The van der Waals surface area contributed by atoms with Crippen LogP contribution in [0, 0.1) is 17.7 Å². The fraction of sp³-hybridized carbons (Fsp3) is 0.333. The number of benzene rings is 2. The number of hydrogen-bond donors (Lipinski definition) is 2. The summed E-state index contributed by atoms with van der Waals surface area (Å²) in [6.45, 7) is 3.65. The molecular formula is C27H30FN5OS. The Bertz CT molecular complexity index is 1260. The van der Waals surface area contributed by atoms with E-state index in [4.69, 9.17) is 16.5 Å².